The van der Waals surface area contributed by atoms with Crippen LogP contribution in [0, 0.1) is 5.82 Å². The van der Waals surface area contributed by atoms with Gasteiger partial charge in [0.1, 0.15) is 10.7 Å². The largest absolute Gasteiger partial charge is 0.309 e. The number of carbonyl (C=O) groups excluding carboxylic acids is 1. The van der Waals surface area contributed by atoms with Crippen LogP contribution in [0.25, 0.3) is 0 Å². The maximum absolute atomic E-state index is 13.0. The topological polar surface area (TPSA) is 66.5 Å². The van der Waals surface area contributed by atoms with Crippen molar-refractivity contribution >= 4 is 43.2 Å². The molecule has 0 saturated heterocycles. The van der Waals surface area contributed by atoms with E-state index in [9.17, 15) is 17.6 Å². The number of anilines is 2. The van der Waals surface area contributed by atoms with Crippen LogP contribution in [0.5, 0.6) is 0 Å². The fourth-order valence-electron chi connectivity index (χ4n) is 3.03. The van der Waals surface area contributed by atoms with Crippen LogP contribution in [0.15, 0.2) is 45.8 Å². The fourth-order valence-corrected chi connectivity index (χ4v) is 5.20. The molecule has 0 aromatic heterocycles. The summed E-state index contributed by atoms with van der Waals surface area (Å²) in [5, 5.41) is 0. The Morgan fingerprint density at radius 3 is 2.52 bits per heavy atom. The molecule has 0 fully saturated rings. The van der Waals surface area contributed by atoms with Gasteiger partial charge in [-0.3, -0.25) is 9.52 Å². The zero-order valence-corrected chi connectivity index (χ0v) is 16.0. The van der Waals surface area contributed by atoms with Crippen LogP contribution in [0.4, 0.5) is 15.8 Å². The molecule has 2 aromatic rings. The summed E-state index contributed by atoms with van der Waals surface area (Å²) in [5.41, 5.74) is 1.77. The molecule has 8 heteroatoms. The molecule has 3 rings (SSSR count). The maximum Gasteiger partial charge on any atom is 0.263 e. The molecule has 0 aliphatic carbocycles. The van der Waals surface area contributed by atoms with E-state index in [0.29, 0.717) is 16.6 Å². The first-order chi connectivity index (χ1) is 11.7. The molecular weight excluding hydrogens is 411 g/mol. The van der Waals surface area contributed by atoms with Gasteiger partial charge in [-0.15, -0.1) is 0 Å². The SMILES string of the molecule is CC(=O)N1c2cc(S(=O)(=O)Nc3ccc(F)cc3)c(Br)cc2C[C@H]1C. The highest BCUT2D eigenvalue weighted by Crippen LogP contribution is 2.38. The van der Waals surface area contributed by atoms with Crippen molar-refractivity contribution in [1.29, 1.82) is 0 Å². The number of halogens is 2. The molecule has 1 N–H and O–H groups in total. The Balaban J connectivity index is 2.02. The molecule has 0 unspecified atom stereocenters. The first-order valence-corrected chi connectivity index (χ1v) is 9.87. The second-order valence-corrected chi connectivity index (χ2v) is 8.47. The van der Waals surface area contributed by atoms with Crippen molar-refractivity contribution < 1.29 is 17.6 Å². The standard InChI is InChI=1S/C17H16BrFN2O3S/c1-10-7-12-8-15(18)17(9-16(12)21(10)11(2)22)25(23,24)20-14-5-3-13(19)4-6-14/h3-6,8-10,20H,7H2,1-2H3/t10-/m1/s1. The minimum Gasteiger partial charge on any atom is -0.309 e. The first kappa shape index (κ1) is 17.9. The monoisotopic (exact) mass is 426 g/mol. The number of nitrogens with one attached hydrogen (secondary N) is 1. The Kier molecular flexibility index (Phi) is 4.59. The van der Waals surface area contributed by atoms with Crippen LogP contribution < -0.4 is 9.62 Å². The zero-order valence-electron chi connectivity index (χ0n) is 13.6. The van der Waals surface area contributed by atoms with Crippen LogP contribution >= 0.6 is 15.9 Å². The van der Waals surface area contributed by atoms with E-state index in [1.54, 1.807) is 11.0 Å². The summed E-state index contributed by atoms with van der Waals surface area (Å²) in [6.07, 6.45) is 0.666. The second kappa shape index (κ2) is 6.42. The summed E-state index contributed by atoms with van der Waals surface area (Å²) in [5.74, 6) is -0.587. The van der Waals surface area contributed by atoms with Gasteiger partial charge in [0.05, 0.1) is 0 Å². The van der Waals surface area contributed by atoms with Crippen molar-refractivity contribution in [3.05, 3.63) is 52.3 Å². The first-order valence-electron chi connectivity index (χ1n) is 7.59. The lowest BCUT2D eigenvalue weighted by Crippen LogP contribution is -2.33. The number of benzene rings is 2. The zero-order chi connectivity index (χ0) is 18.4. The summed E-state index contributed by atoms with van der Waals surface area (Å²) in [4.78, 5) is 13.5. The van der Waals surface area contributed by atoms with Gasteiger partial charge in [-0.25, -0.2) is 12.8 Å². The second-order valence-electron chi connectivity index (χ2n) is 5.97. The molecule has 1 aliphatic rings. The highest BCUT2D eigenvalue weighted by Gasteiger charge is 2.32. The van der Waals surface area contributed by atoms with E-state index < -0.39 is 15.8 Å². The molecule has 0 saturated carbocycles. The van der Waals surface area contributed by atoms with E-state index in [1.807, 2.05) is 6.92 Å². The molecule has 0 bridgehead atoms. The minimum absolute atomic E-state index is 0.0240. The number of fused-ring (bicyclic) bond motifs is 1. The average molecular weight is 427 g/mol. The molecular formula is C17H16BrFN2O3S. The van der Waals surface area contributed by atoms with Gasteiger partial charge in [0.2, 0.25) is 5.91 Å². The van der Waals surface area contributed by atoms with Crippen LogP contribution in [-0.4, -0.2) is 20.4 Å². The van der Waals surface area contributed by atoms with E-state index in [0.717, 1.165) is 5.56 Å². The molecule has 2 aromatic carbocycles. The third kappa shape index (κ3) is 3.41. The van der Waals surface area contributed by atoms with Gasteiger partial charge in [0.25, 0.3) is 10.0 Å². The molecule has 0 radical (unpaired) electrons. The molecule has 5 nitrogen and oxygen atoms in total. The number of hydrogen-bond acceptors (Lipinski definition) is 3. The predicted octanol–water partition coefficient (Wildman–Crippen LogP) is 3.69. The highest BCUT2D eigenvalue weighted by molar-refractivity contribution is 9.10. The third-order valence-electron chi connectivity index (χ3n) is 4.07. The number of hydrogen-bond donors (Lipinski definition) is 1. The van der Waals surface area contributed by atoms with Crippen LogP contribution in [0.3, 0.4) is 0 Å². The normalized spacial score (nSPS) is 16.6. The molecule has 1 heterocycles. The van der Waals surface area contributed by atoms with E-state index in [-0.39, 0.29) is 22.5 Å². The van der Waals surface area contributed by atoms with Crippen molar-refractivity contribution in [2.24, 2.45) is 0 Å². The van der Waals surface area contributed by atoms with Gasteiger partial charge >= 0.3 is 0 Å². The Morgan fingerprint density at radius 1 is 1.28 bits per heavy atom. The summed E-state index contributed by atoms with van der Waals surface area (Å²) >= 11 is 3.30. The Morgan fingerprint density at radius 2 is 1.92 bits per heavy atom. The maximum atomic E-state index is 13.0. The van der Waals surface area contributed by atoms with Gasteiger partial charge in [0.15, 0.2) is 0 Å². The molecule has 0 spiro atoms. The molecule has 1 amide bonds. The minimum atomic E-state index is -3.90. The summed E-state index contributed by atoms with van der Waals surface area (Å²) in [6.45, 7) is 3.37. The van der Waals surface area contributed by atoms with Gasteiger partial charge in [0, 0.05) is 28.8 Å². The van der Waals surface area contributed by atoms with Crippen molar-refractivity contribution in [1.82, 2.24) is 0 Å². The van der Waals surface area contributed by atoms with Gasteiger partial charge in [-0.1, -0.05) is 0 Å². The van der Waals surface area contributed by atoms with E-state index in [2.05, 4.69) is 20.7 Å². The Labute approximate surface area is 154 Å². The lowest BCUT2D eigenvalue weighted by molar-refractivity contribution is -0.116. The van der Waals surface area contributed by atoms with E-state index in [1.165, 1.54) is 37.3 Å². The molecule has 1 atom stereocenters. The molecule has 1 aliphatic heterocycles. The van der Waals surface area contributed by atoms with Gasteiger partial charge in [-0.2, -0.15) is 0 Å². The summed E-state index contributed by atoms with van der Waals surface area (Å²) in [7, 11) is -3.90. The number of sulfonamides is 1. The lowest BCUT2D eigenvalue weighted by atomic mass is 10.1. The third-order valence-corrected chi connectivity index (χ3v) is 6.41. The van der Waals surface area contributed by atoms with E-state index >= 15 is 0 Å². The number of amides is 1. The number of rotatable bonds is 3. The average Bonchev–Trinajstić information content (AvgIpc) is 2.83. The number of carbonyl (C=O) groups is 1. The van der Waals surface area contributed by atoms with Crippen LogP contribution in [0.1, 0.15) is 19.4 Å². The van der Waals surface area contributed by atoms with Crippen molar-refractivity contribution in [2.45, 2.75) is 31.2 Å². The quantitative estimate of drug-likeness (QED) is 0.813. The predicted molar refractivity (Wildman–Crippen MR) is 97.7 cm³/mol. The molecule has 132 valence electrons. The van der Waals surface area contributed by atoms with Crippen LogP contribution in [0.2, 0.25) is 0 Å². The Bertz CT molecular complexity index is 945. The lowest BCUT2D eigenvalue weighted by Gasteiger charge is -2.21. The highest BCUT2D eigenvalue weighted by atomic mass is 79.9. The Hall–Kier alpha value is -1.93. The van der Waals surface area contributed by atoms with Gasteiger partial charge in [-0.05, 0) is 71.2 Å². The van der Waals surface area contributed by atoms with E-state index in [4.69, 9.17) is 0 Å². The van der Waals surface area contributed by atoms with Crippen molar-refractivity contribution in [3.8, 4) is 0 Å². The summed E-state index contributed by atoms with van der Waals surface area (Å²) in [6, 6.07) is 8.24. The van der Waals surface area contributed by atoms with Crippen molar-refractivity contribution in [3.63, 3.8) is 0 Å². The molecule has 25 heavy (non-hydrogen) atoms. The number of nitrogens with zero attached hydrogens (tertiary/aromatic N) is 1. The van der Waals surface area contributed by atoms with Gasteiger partial charge < -0.3 is 4.90 Å². The smallest absolute Gasteiger partial charge is 0.263 e. The van der Waals surface area contributed by atoms with Crippen molar-refractivity contribution in [2.75, 3.05) is 9.62 Å². The van der Waals surface area contributed by atoms with Crippen LogP contribution in [-0.2, 0) is 21.2 Å². The summed E-state index contributed by atoms with van der Waals surface area (Å²) < 4.78 is 41.3. The fraction of sp³-hybridized carbons (Fsp3) is 0.235.